The molecule has 16 heavy (non-hydrogen) atoms. The standard InChI is InChI=1S/C13H17N3/c1-10(7-8-14-3)12-5-6-13(16-15-4)11(2)9-12/h5-9H,1-4H3/b10-7+,14-8?,16-15?. The largest absolute Gasteiger partial charge is 0.297 e. The molecule has 0 unspecified atom stereocenters. The molecule has 0 aliphatic heterocycles. The van der Waals surface area contributed by atoms with E-state index in [4.69, 9.17) is 0 Å². The molecule has 0 aliphatic carbocycles. The van der Waals surface area contributed by atoms with Gasteiger partial charge < -0.3 is 0 Å². The molecule has 0 fully saturated rings. The zero-order valence-corrected chi connectivity index (χ0v) is 10.2. The number of rotatable bonds is 3. The van der Waals surface area contributed by atoms with Gasteiger partial charge in [0.2, 0.25) is 0 Å². The highest BCUT2D eigenvalue weighted by molar-refractivity contribution is 5.84. The van der Waals surface area contributed by atoms with Gasteiger partial charge in [-0.15, -0.1) is 0 Å². The minimum Gasteiger partial charge on any atom is -0.297 e. The highest BCUT2D eigenvalue weighted by atomic mass is 15.1. The number of hydrogen-bond acceptors (Lipinski definition) is 3. The van der Waals surface area contributed by atoms with Gasteiger partial charge >= 0.3 is 0 Å². The van der Waals surface area contributed by atoms with E-state index in [1.165, 1.54) is 11.1 Å². The van der Waals surface area contributed by atoms with Gasteiger partial charge in [0.25, 0.3) is 0 Å². The Hall–Kier alpha value is -1.77. The molecule has 1 aromatic carbocycles. The van der Waals surface area contributed by atoms with Gasteiger partial charge in [-0.25, -0.2) is 0 Å². The molecule has 0 saturated heterocycles. The third-order valence-corrected chi connectivity index (χ3v) is 2.33. The Morgan fingerprint density at radius 2 is 2.00 bits per heavy atom. The molecule has 0 aliphatic rings. The van der Waals surface area contributed by atoms with E-state index in [0.29, 0.717) is 0 Å². The molecule has 0 heterocycles. The van der Waals surface area contributed by atoms with Gasteiger partial charge in [-0.2, -0.15) is 10.2 Å². The smallest absolute Gasteiger partial charge is 0.0881 e. The van der Waals surface area contributed by atoms with Gasteiger partial charge in [-0.05, 0) is 48.8 Å². The molecular weight excluding hydrogens is 198 g/mol. The van der Waals surface area contributed by atoms with Gasteiger partial charge in [0, 0.05) is 20.3 Å². The molecular formula is C13H17N3. The summed E-state index contributed by atoms with van der Waals surface area (Å²) in [5.74, 6) is 0. The van der Waals surface area contributed by atoms with Crippen LogP contribution < -0.4 is 0 Å². The van der Waals surface area contributed by atoms with Crippen LogP contribution in [-0.2, 0) is 0 Å². The highest BCUT2D eigenvalue weighted by Crippen LogP contribution is 2.23. The van der Waals surface area contributed by atoms with Crippen molar-refractivity contribution in [2.45, 2.75) is 13.8 Å². The number of hydrogen-bond donors (Lipinski definition) is 0. The first-order valence-electron chi connectivity index (χ1n) is 5.19. The number of aliphatic imine (C=N–C) groups is 1. The third-order valence-electron chi connectivity index (χ3n) is 2.33. The first kappa shape index (κ1) is 12.3. The van der Waals surface area contributed by atoms with Crippen LogP contribution in [0.1, 0.15) is 18.1 Å². The fourth-order valence-corrected chi connectivity index (χ4v) is 1.40. The Balaban J connectivity index is 3.05. The van der Waals surface area contributed by atoms with Crippen LogP contribution in [0.2, 0.25) is 0 Å². The third kappa shape index (κ3) is 3.12. The molecule has 0 radical (unpaired) electrons. The Labute approximate surface area is 96.6 Å². The quantitative estimate of drug-likeness (QED) is 0.543. The average molecular weight is 215 g/mol. The summed E-state index contributed by atoms with van der Waals surface area (Å²) >= 11 is 0. The lowest BCUT2D eigenvalue weighted by Gasteiger charge is -2.04. The van der Waals surface area contributed by atoms with Crippen molar-refractivity contribution in [1.29, 1.82) is 0 Å². The number of azo groups is 1. The molecule has 0 N–H and O–H groups in total. The fraction of sp³-hybridized carbons (Fsp3) is 0.308. The maximum atomic E-state index is 4.05. The van der Waals surface area contributed by atoms with Gasteiger partial charge in [-0.1, -0.05) is 6.07 Å². The molecule has 84 valence electrons. The monoisotopic (exact) mass is 215 g/mol. The summed E-state index contributed by atoms with van der Waals surface area (Å²) in [5.41, 5.74) is 4.42. The van der Waals surface area contributed by atoms with Gasteiger partial charge in [0.15, 0.2) is 0 Å². The molecule has 0 aromatic heterocycles. The predicted octanol–water partition coefficient (Wildman–Crippen LogP) is 3.81. The molecule has 0 bridgehead atoms. The SMILES string of the molecule is CN=C/C=C(\C)c1ccc(N=NC)c(C)c1. The second kappa shape index (κ2) is 5.95. The lowest BCUT2D eigenvalue weighted by Crippen LogP contribution is -1.83. The number of benzene rings is 1. The molecule has 0 spiro atoms. The molecule has 0 atom stereocenters. The summed E-state index contributed by atoms with van der Waals surface area (Å²) < 4.78 is 0. The molecule has 1 aromatic rings. The normalized spacial score (nSPS) is 12.9. The van der Waals surface area contributed by atoms with Gasteiger partial charge in [-0.3, -0.25) is 4.99 Å². The van der Waals surface area contributed by atoms with Crippen molar-refractivity contribution in [2.75, 3.05) is 14.1 Å². The lowest BCUT2D eigenvalue weighted by atomic mass is 10.0. The first-order chi connectivity index (χ1) is 7.69. The van der Waals surface area contributed by atoms with Crippen LogP contribution in [0, 0.1) is 6.92 Å². The topological polar surface area (TPSA) is 37.1 Å². The van der Waals surface area contributed by atoms with Crippen LogP contribution in [-0.4, -0.2) is 20.3 Å². The molecule has 1 rings (SSSR count). The fourth-order valence-electron chi connectivity index (χ4n) is 1.40. The van der Waals surface area contributed by atoms with Crippen LogP contribution in [0.5, 0.6) is 0 Å². The highest BCUT2D eigenvalue weighted by Gasteiger charge is 2.00. The van der Waals surface area contributed by atoms with Gasteiger partial charge in [0.05, 0.1) is 5.69 Å². The van der Waals surface area contributed by atoms with E-state index in [9.17, 15) is 0 Å². The van der Waals surface area contributed by atoms with Crippen molar-refractivity contribution in [3.8, 4) is 0 Å². The summed E-state index contributed by atoms with van der Waals surface area (Å²) in [6.45, 7) is 4.10. The van der Waals surface area contributed by atoms with Crippen molar-refractivity contribution in [2.24, 2.45) is 15.2 Å². The Kier molecular flexibility index (Phi) is 4.58. The van der Waals surface area contributed by atoms with E-state index in [2.05, 4.69) is 28.2 Å². The maximum Gasteiger partial charge on any atom is 0.0881 e. The number of allylic oxidation sites excluding steroid dienone is 2. The van der Waals surface area contributed by atoms with Crippen molar-refractivity contribution < 1.29 is 0 Å². The Morgan fingerprint density at radius 3 is 2.56 bits per heavy atom. The van der Waals surface area contributed by atoms with Crippen LogP contribution in [0.15, 0.2) is 39.5 Å². The van der Waals surface area contributed by atoms with Gasteiger partial charge in [0.1, 0.15) is 0 Å². The second-order valence-corrected chi connectivity index (χ2v) is 3.56. The number of nitrogens with zero attached hydrogens (tertiary/aromatic N) is 3. The number of aryl methyl sites for hydroxylation is 1. The molecule has 0 saturated carbocycles. The van der Waals surface area contributed by atoms with Crippen LogP contribution >= 0.6 is 0 Å². The first-order valence-corrected chi connectivity index (χ1v) is 5.19. The van der Waals surface area contributed by atoms with E-state index in [1.807, 2.05) is 25.1 Å². The van der Waals surface area contributed by atoms with Crippen molar-refractivity contribution >= 4 is 17.5 Å². The van der Waals surface area contributed by atoms with Crippen molar-refractivity contribution in [3.63, 3.8) is 0 Å². The zero-order chi connectivity index (χ0) is 12.0. The van der Waals surface area contributed by atoms with E-state index in [0.717, 1.165) is 11.3 Å². The summed E-state index contributed by atoms with van der Waals surface area (Å²) in [4.78, 5) is 3.94. The Morgan fingerprint density at radius 1 is 1.25 bits per heavy atom. The summed E-state index contributed by atoms with van der Waals surface area (Å²) in [6, 6.07) is 6.14. The molecule has 3 heteroatoms. The van der Waals surface area contributed by atoms with Crippen LogP contribution in [0.25, 0.3) is 5.57 Å². The minimum atomic E-state index is 0.920. The van der Waals surface area contributed by atoms with Crippen LogP contribution in [0.3, 0.4) is 0 Å². The van der Waals surface area contributed by atoms with Crippen molar-refractivity contribution in [3.05, 3.63) is 35.4 Å². The minimum absolute atomic E-state index is 0.920. The van der Waals surface area contributed by atoms with E-state index < -0.39 is 0 Å². The van der Waals surface area contributed by atoms with E-state index >= 15 is 0 Å². The predicted molar refractivity (Wildman–Crippen MR) is 69.7 cm³/mol. The zero-order valence-electron chi connectivity index (χ0n) is 10.2. The van der Waals surface area contributed by atoms with E-state index in [-0.39, 0.29) is 0 Å². The summed E-state index contributed by atoms with van der Waals surface area (Å²) in [6.07, 6.45) is 3.79. The summed E-state index contributed by atoms with van der Waals surface area (Å²) in [5, 5.41) is 7.83. The van der Waals surface area contributed by atoms with Crippen molar-refractivity contribution in [1.82, 2.24) is 0 Å². The lowest BCUT2D eigenvalue weighted by molar-refractivity contribution is 1.15. The Bertz CT molecular complexity index is 442. The van der Waals surface area contributed by atoms with E-state index in [1.54, 1.807) is 20.3 Å². The second-order valence-electron chi connectivity index (χ2n) is 3.56. The maximum absolute atomic E-state index is 4.05. The molecule has 3 nitrogen and oxygen atoms in total. The molecule has 0 amide bonds. The average Bonchev–Trinajstić information content (AvgIpc) is 2.29. The summed E-state index contributed by atoms with van der Waals surface area (Å²) in [7, 11) is 3.44. The van der Waals surface area contributed by atoms with Crippen LogP contribution in [0.4, 0.5) is 5.69 Å².